The van der Waals surface area contributed by atoms with Gasteiger partial charge in [0.2, 0.25) is 0 Å². The van der Waals surface area contributed by atoms with Gasteiger partial charge in [0.1, 0.15) is 19.8 Å². The molecule has 0 aliphatic carbocycles. The van der Waals surface area contributed by atoms with Crippen LogP contribution >= 0.6 is 7.82 Å². The van der Waals surface area contributed by atoms with Crippen molar-refractivity contribution in [2.75, 3.05) is 47.5 Å². The number of hydrogen-bond acceptors (Lipinski definition) is 8. The Morgan fingerprint density at radius 3 is 1.10 bits per heavy atom. The first-order valence-corrected chi connectivity index (χ1v) is 33.1. The normalized spacial score (nSPS) is 14.0. The van der Waals surface area contributed by atoms with Gasteiger partial charge < -0.3 is 27.9 Å². The van der Waals surface area contributed by atoms with Crippen LogP contribution in [-0.2, 0) is 32.7 Å². The number of rotatable bonds is 57. The van der Waals surface area contributed by atoms with Gasteiger partial charge in [-0.3, -0.25) is 14.2 Å². The van der Waals surface area contributed by atoms with E-state index in [1.807, 2.05) is 21.1 Å². The summed E-state index contributed by atoms with van der Waals surface area (Å²) in [7, 11) is 1.16. The molecule has 448 valence electrons. The van der Waals surface area contributed by atoms with Gasteiger partial charge in [-0.1, -0.05) is 252 Å². The quantitative estimate of drug-likeness (QED) is 0.0195. The van der Waals surface area contributed by atoms with Crippen LogP contribution in [-0.4, -0.2) is 70.0 Å². The number of carbonyl (C=O) groups is 2. The summed E-state index contributed by atoms with van der Waals surface area (Å²) in [6.07, 6.45) is 81.4. The predicted molar refractivity (Wildman–Crippen MR) is 332 cm³/mol. The second-order valence-corrected chi connectivity index (χ2v) is 23.4. The Morgan fingerprint density at radius 1 is 0.410 bits per heavy atom. The molecule has 2 unspecified atom stereocenters. The Morgan fingerprint density at radius 2 is 0.731 bits per heavy atom. The van der Waals surface area contributed by atoms with Gasteiger partial charge >= 0.3 is 11.9 Å². The van der Waals surface area contributed by atoms with Gasteiger partial charge in [0.05, 0.1) is 27.7 Å². The molecule has 10 heteroatoms. The van der Waals surface area contributed by atoms with E-state index in [0.717, 1.165) is 103 Å². The summed E-state index contributed by atoms with van der Waals surface area (Å²) in [5.74, 6) is -0.840. The summed E-state index contributed by atoms with van der Waals surface area (Å²) in [4.78, 5) is 37.9. The predicted octanol–water partition coefficient (Wildman–Crippen LogP) is 19.5. The topological polar surface area (TPSA) is 111 Å². The molecule has 0 spiro atoms. The molecule has 0 heterocycles. The van der Waals surface area contributed by atoms with Crippen LogP contribution < -0.4 is 4.89 Å². The van der Waals surface area contributed by atoms with E-state index < -0.39 is 26.5 Å². The first kappa shape index (κ1) is 74.7. The lowest BCUT2D eigenvalue weighted by Crippen LogP contribution is -2.37. The molecule has 0 aromatic rings. The third-order valence-corrected chi connectivity index (χ3v) is 14.2. The standard InChI is InChI=1S/C68H118NO8P/c1-6-8-10-12-14-16-18-20-22-24-25-26-27-28-29-30-31-32-33-34-35-36-37-38-39-40-41-42-43-45-47-49-51-53-55-57-59-61-68(71)77-66(65-76-78(72,73)75-63-62-69(3,4)5)64-74-67(70)60-58-56-54-52-50-48-46-44-23-21-19-17-15-13-11-9-7-2/h8,10,14,16,20-23,25-26,28-29,31-32,34-35,37-38,66H,6-7,9,11-13,15,17-19,24,27,30,33,36,39-65H2,1-5H3/b10-8-,16-14-,22-20-,23-21-,26-25-,29-28-,32-31-,35-34-,38-37-. The summed E-state index contributed by atoms with van der Waals surface area (Å²) in [5.41, 5.74) is 0. The molecule has 2 atom stereocenters. The summed E-state index contributed by atoms with van der Waals surface area (Å²) in [6.45, 7) is 4.12. The number of nitrogens with zero attached hydrogens (tertiary/aromatic N) is 1. The Hall–Kier alpha value is -3.33. The molecule has 0 bridgehead atoms. The number of allylic oxidation sites excluding steroid dienone is 18. The lowest BCUT2D eigenvalue weighted by atomic mass is 10.0. The van der Waals surface area contributed by atoms with Crippen molar-refractivity contribution in [2.24, 2.45) is 0 Å². The monoisotopic (exact) mass is 1110 g/mol. The van der Waals surface area contributed by atoms with E-state index in [1.54, 1.807) is 0 Å². The van der Waals surface area contributed by atoms with Gasteiger partial charge in [-0.15, -0.1) is 0 Å². The Balaban J connectivity index is 4.09. The van der Waals surface area contributed by atoms with E-state index in [2.05, 4.69) is 123 Å². The van der Waals surface area contributed by atoms with E-state index in [-0.39, 0.29) is 32.0 Å². The number of esters is 2. The minimum Gasteiger partial charge on any atom is -0.756 e. The molecule has 0 aliphatic rings. The van der Waals surface area contributed by atoms with Gasteiger partial charge in [-0.2, -0.15) is 0 Å². The van der Waals surface area contributed by atoms with Crippen LogP contribution in [0.25, 0.3) is 0 Å². The first-order valence-electron chi connectivity index (χ1n) is 31.6. The lowest BCUT2D eigenvalue weighted by Gasteiger charge is -2.28. The Bertz CT molecular complexity index is 1680. The third-order valence-electron chi connectivity index (χ3n) is 13.3. The van der Waals surface area contributed by atoms with Crippen molar-refractivity contribution >= 4 is 19.8 Å². The van der Waals surface area contributed by atoms with Crippen LogP contribution in [0.1, 0.15) is 258 Å². The highest BCUT2D eigenvalue weighted by Gasteiger charge is 2.22. The molecule has 0 saturated carbocycles. The molecule has 0 aromatic carbocycles. The molecule has 0 aliphatic heterocycles. The van der Waals surface area contributed by atoms with Gasteiger partial charge in [-0.05, 0) is 103 Å². The highest BCUT2D eigenvalue weighted by atomic mass is 31.2. The number of ether oxygens (including phenoxy) is 2. The van der Waals surface area contributed by atoms with Crippen molar-refractivity contribution in [3.05, 3.63) is 109 Å². The zero-order valence-corrected chi connectivity index (χ0v) is 51.7. The maximum atomic E-state index is 12.8. The van der Waals surface area contributed by atoms with Gasteiger partial charge in [0.25, 0.3) is 7.82 Å². The van der Waals surface area contributed by atoms with E-state index in [1.165, 1.54) is 122 Å². The largest absolute Gasteiger partial charge is 0.756 e. The molecule has 0 saturated heterocycles. The highest BCUT2D eigenvalue weighted by molar-refractivity contribution is 7.45. The van der Waals surface area contributed by atoms with Crippen molar-refractivity contribution in [1.82, 2.24) is 0 Å². The lowest BCUT2D eigenvalue weighted by molar-refractivity contribution is -0.870. The van der Waals surface area contributed by atoms with Crippen LogP contribution in [0.2, 0.25) is 0 Å². The van der Waals surface area contributed by atoms with E-state index in [0.29, 0.717) is 17.4 Å². The number of phosphoric acid groups is 1. The SMILES string of the molecule is CC/C=C\C/C=C\C/C=C\C/C=C\C/C=C\C/C=C\C/C=C\C/C=C\CCCCCCCCCCCCCCC(=O)OC(COC(=O)CCCCCCCCC/C=C\CCCCCCCC)COP(=O)([O-])OCC[N+](C)(C)C. The number of quaternary nitrogens is 1. The maximum absolute atomic E-state index is 12.8. The van der Waals surface area contributed by atoms with Crippen molar-refractivity contribution in [3.8, 4) is 0 Å². The Labute approximate surface area is 480 Å². The van der Waals surface area contributed by atoms with Crippen LogP contribution in [0.3, 0.4) is 0 Å². The number of carbonyl (C=O) groups excluding carboxylic acids is 2. The molecule has 0 aromatic heterocycles. The van der Waals surface area contributed by atoms with E-state index >= 15 is 0 Å². The summed E-state index contributed by atoms with van der Waals surface area (Å²) in [6, 6.07) is 0. The van der Waals surface area contributed by atoms with E-state index in [4.69, 9.17) is 18.5 Å². The van der Waals surface area contributed by atoms with Crippen molar-refractivity contribution in [2.45, 2.75) is 264 Å². The molecule has 0 fully saturated rings. The first-order chi connectivity index (χ1) is 38.0. The molecular formula is C68H118NO8P. The molecule has 78 heavy (non-hydrogen) atoms. The molecule has 0 rings (SSSR count). The van der Waals surface area contributed by atoms with Crippen molar-refractivity contribution in [3.63, 3.8) is 0 Å². The van der Waals surface area contributed by atoms with Crippen LogP contribution in [0.4, 0.5) is 0 Å². The van der Waals surface area contributed by atoms with Crippen molar-refractivity contribution in [1.29, 1.82) is 0 Å². The van der Waals surface area contributed by atoms with E-state index in [9.17, 15) is 19.0 Å². The minimum atomic E-state index is -4.64. The van der Waals surface area contributed by atoms with Crippen LogP contribution in [0.15, 0.2) is 109 Å². The summed E-state index contributed by atoms with van der Waals surface area (Å²) < 4.78 is 34.2. The fourth-order valence-corrected chi connectivity index (χ4v) is 9.16. The fourth-order valence-electron chi connectivity index (χ4n) is 8.43. The second-order valence-electron chi connectivity index (χ2n) is 22.0. The Kier molecular flexibility index (Phi) is 55.8. The second kappa shape index (κ2) is 58.3. The smallest absolute Gasteiger partial charge is 0.306 e. The summed E-state index contributed by atoms with van der Waals surface area (Å²) >= 11 is 0. The molecule has 0 amide bonds. The minimum absolute atomic E-state index is 0.0355. The van der Waals surface area contributed by atoms with Gasteiger partial charge in [-0.25, -0.2) is 0 Å². The highest BCUT2D eigenvalue weighted by Crippen LogP contribution is 2.38. The average Bonchev–Trinajstić information content (AvgIpc) is 3.41. The fraction of sp³-hybridized carbons (Fsp3) is 0.706. The number of unbranched alkanes of at least 4 members (excludes halogenated alkanes) is 25. The molecule has 9 nitrogen and oxygen atoms in total. The summed E-state index contributed by atoms with van der Waals surface area (Å²) in [5, 5.41) is 0. The molecule has 0 radical (unpaired) electrons. The number of phosphoric ester groups is 1. The molecular weight excluding hydrogens is 990 g/mol. The number of hydrogen-bond donors (Lipinski definition) is 0. The number of likely N-dealkylation sites (N-methyl/N-ethyl adjacent to an activating group) is 1. The average molecular weight is 1110 g/mol. The van der Waals surface area contributed by atoms with Gasteiger partial charge in [0.15, 0.2) is 6.10 Å². The zero-order valence-electron chi connectivity index (χ0n) is 50.8. The maximum Gasteiger partial charge on any atom is 0.306 e. The van der Waals surface area contributed by atoms with Crippen LogP contribution in [0, 0.1) is 0 Å². The van der Waals surface area contributed by atoms with Gasteiger partial charge in [0, 0.05) is 12.8 Å². The molecule has 0 N–H and O–H groups in total. The van der Waals surface area contributed by atoms with Crippen LogP contribution in [0.5, 0.6) is 0 Å². The van der Waals surface area contributed by atoms with Crippen molar-refractivity contribution < 1.29 is 42.1 Å². The zero-order chi connectivity index (χ0) is 57.0. The third kappa shape index (κ3) is 61.9.